The molecular weight excluding hydrogens is 403 g/mol. The molecule has 0 spiro atoms. The highest BCUT2D eigenvalue weighted by Gasteiger charge is 2.35. The van der Waals surface area contributed by atoms with Crippen LogP contribution in [0.5, 0.6) is 0 Å². The first-order valence-corrected chi connectivity index (χ1v) is 8.91. The molecule has 4 rings (SSSR count). The minimum atomic E-state index is -2.21. The molecule has 0 radical (unpaired) electrons. The molecule has 0 saturated heterocycles. The highest BCUT2D eigenvalue weighted by molar-refractivity contribution is 6.03. The lowest BCUT2D eigenvalue weighted by Gasteiger charge is -2.24. The van der Waals surface area contributed by atoms with Gasteiger partial charge in [-0.1, -0.05) is 30.3 Å². The summed E-state index contributed by atoms with van der Waals surface area (Å²) in [6.45, 7) is 0. The molecule has 0 bridgehead atoms. The summed E-state index contributed by atoms with van der Waals surface area (Å²) in [5.74, 6) is -10.1. The molecule has 1 heterocycles. The Morgan fingerprint density at radius 3 is 1.93 bits per heavy atom. The van der Waals surface area contributed by atoms with Gasteiger partial charge in [0.05, 0.1) is 23.0 Å². The number of aldehydes is 1. The van der Waals surface area contributed by atoms with Gasteiger partial charge in [-0.15, -0.1) is 0 Å². The molecule has 3 aromatic carbocycles. The van der Waals surface area contributed by atoms with Crippen molar-refractivity contribution in [1.82, 2.24) is 0 Å². The molecule has 30 heavy (non-hydrogen) atoms. The fourth-order valence-electron chi connectivity index (χ4n) is 3.40. The molecule has 1 aliphatic rings. The van der Waals surface area contributed by atoms with Crippen molar-refractivity contribution >= 4 is 17.7 Å². The number of benzene rings is 3. The van der Waals surface area contributed by atoms with Crippen molar-refractivity contribution in [2.24, 2.45) is 5.10 Å². The zero-order chi connectivity index (χ0) is 21.4. The van der Waals surface area contributed by atoms with Gasteiger partial charge in [0.2, 0.25) is 5.82 Å². The topological polar surface area (TPSA) is 32.7 Å². The van der Waals surface area contributed by atoms with Gasteiger partial charge in [0.15, 0.2) is 23.3 Å². The van der Waals surface area contributed by atoms with E-state index in [2.05, 4.69) is 5.10 Å². The van der Waals surface area contributed by atoms with Crippen LogP contribution in [0.3, 0.4) is 0 Å². The van der Waals surface area contributed by atoms with E-state index in [1.54, 1.807) is 42.5 Å². The Morgan fingerprint density at radius 1 is 0.800 bits per heavy atom. The number of hydrogen-bond donors (Lipinski definition) is 0. The maximum atomic E-state index is 14.4. The summed E-state index contributed by atoms with van der Waals surface area (Å²) in [7, 11) is 0. The molecule has 3 aromatic rings. The summed E-state index contributed by atoms with van der Waals surface area (Å²) in [5.41, 5.74) is 0.335. The van der Waals surface area contributed by atoms with Gasteiger partial charge < -0.3 is 0 Å². The van der Waals surface area contributed by atoms with E-state index in [9.17, 15) is 26.7 Å². The van der Waals surface area contributed by atoms with E-state index in [0.29, 0.717) is 17.5 Å². The number of nitrogens with zero attached hydrogens (tertiary/aromatic N) is 2. The van der Waals surface area contributed by atoms with Crippen LogP contribution >= 0.6 is 0 Å². The third-order valence-corrected chi connectivity index (χ3v) is 4.89. The molecule has 1 atom stereocenters. The molecule has 0 N–H and O–H groups in total. The molecule has 1 unspecified atom stereocenters. The smallest absolute Gasteiger partial charge is 0.200 e. The molecular formula is C22H13F5N2O. The first-order chi connectivity index (χ1) is 14.4. The third-order valence-electron chi connectivity index (χ3n) is 4.89. The van der Waals surface area contributed by atoms with E-state index in [1.165, 1.54) is 17.1 Å². The summed E-state index contributed by atoms with van der Waals surface area (Å²) in [6, 6.07) is 14.6. The number of anilines is 1. The summed E-state index contributed by atoms with van der Waals surface area (Å²) >= 11 is 0. The van der Waals surface area contributed by atoms with Crippen LogP contribution in [-0.2, 0) is 0 Å². The van der Waals surface area contributed by atoms with Crippen LogP contribution in [0.2, 0.25) is 0 Å². The Labute approximate surface area is 168 Å². The van der Waals surface area contributed by atoms with Gasteiger partial charge in [-0.2, -0.15) is 5.10 Å². The molecule has 1 aliphatic heterocycles. The van der Waals surface area contributed by atoms with Crippen molar-refractivity contribution in [3.63, 3.8) is 0 Å². The highest BCUT2D eigenvalue weighted by atomic mass is 19.2. The van der Waals surface area contributed by atoms with Crippen molar-refractivity contribution in [1.29, 1.82) is 0 Å². The van der Waals surface area contributed by atoms with Crippen molar-refractivity contribution in [3.05, 3.63) is 100 Å². The number of hydrogen-bond acceptors (Lipinski definition) is 3. The molecule has 0 amide bonds. The first-order valence-electron chi connectivity index (χ1n) is 8.91. The van der Waals surface area contributed by atoms with Gasteiger partial charge >= 0.3 is 0 Å². The average molecular weight is 416 g/mol. The van der Waals surface area contributed by atoms with Gasteiger partial charge in [-0.25, -0.2) is 22.0 Å². The molecule has 0 saturated carbocycles. The lowest BCUT2D eigenvalue weighted by molar-refractivity contribution is 0.112. The van der Waals surface area contributed by atoms with Crippen LogP contribution in [0.1, 0.15) is 33.9 Å². The largest absolute Gasteiger partial charge is 0.298 e. The lowest BCUT2D eigenvalue weighted by atomic mass is 9.97. The van der Waals surface area contributed by atoms with Gasteiger partial charge in [-0.05, 0) is 29.8 Å². The maximum absolute atomic E-state index is 14.4. The quantitative estimate of drug-likeness (QED) is 0.242. The fourth-order valence-corrected chi connectivity index (χ4v) is 3.40. The highest BCUT2D eigenvalue weighted by Crippen LogP contribution is 2.38. The molecule has 0 aromatic heterocycles. The van der Waals surface area contributed by atoms with Gasteiger partial charge in [0.1, 0.15) is 6.29 Å². The summed E-state index contributed by atoms with van der Waals surface area (Å²) in [4.78, 5) is 10.9. The Bertz CT molecular complexity index is 1120. The van der Waals surface area contributed by atoms with Crippen LogP contribution in [-0.4, -0.2) is 12.0 Å². The molecule has 152 valence electrons. The van der Waals surface area contributed by atoms with Crippen LogP contribution in [0.15, 0.2) is 59.7 Å². The molecule has 8 heteroatoms. The predicted molar refractivity (Wildman–Crippen MR) is 101 cm³/mol. The number of rotatable bonds is 4. The second-order valence-corrected chi connectivity index (χ2v) is 6.68. The summed E-state index contributed by atoms with van der Waals surface area (Å²) in [5, 5.41) is 5.64. The van der Waals surface area contributed by atoms with E-state index in [-0.39, 0.29) is 12.1 Å². The average Bonchev–Trinajstić information content (AvgIpc) is 3.22. The Kier molecular flexibility index (Phi) is 5.07. The van der Waals surface area contributed by atoms with Gasteiger partial charge in [-0.3, -0.25) is 9.80 Å². The fraction of sp³-hybridized carbons (Fsp3) is 0.0909. The Balaban J connectivity index is 1.85. The van der Waals surface area contributed by atoms with E-state index < -0.39 is 40.7 Å². The van der Waals surface area contributed by atoms with Gasteiger partial charge in [0.25, 0.3) is 0 Å². The second-order valence-electron chi connectivity index (χ2n) is 6.68. The van der Waals surface area contributed by atoms with E-state index in [0.717, 1.165) is 5.56 Å². The van der Waals surface area contributed by atoms with Crippen LogP contribution in [0.25, 0.3) is 0 Å². The SMILES string of the molecule is O=Cc1ccc(N2N=C(c3c(F)c(F)c(F)c(F)c3F)CC2c2ccccc2)cc1. The summed E-state index contributed by atoms with van der Waals surface area (Å²) < 4.78 is 69.6. The van der Waals surface area contributed by atoms with Crippen LogP contribution < -0.4 is 5.01 Å². The number of hydrazone groups is 1. The zero-order valence-corrected chi connectivity index (χ0v) is 15.3. The van der Waals surface area contributed by atoms with Crippen LogP contribution in [0, 0.1) is 29.1 Å². The van der Waals surface area contributed by atoms with Crippen LogP contribution in [0.4, 0.5) is 27.6 Å². The molecule has 3 nitrogen and oxygen atoms in total. The van der Waals surface area contributed by atoms with E-state index in [4.69, 9.17) is 0 Å². The second kappa shape index (κ2) is 7.70. The normalized spacial score (nSPS) is 16.0. The lowest BCUT2D eigenvalue weighted by Crippen LogP contribution is -2.18. The Hall–Kier alpha value is -3.55. The maximum Gasteiger partial charge on any atom is 0.200 e. The Morgan fingerprint density at radius 2 is 1.37 bits per heavy atom. The zero-order valence-electron chi connectivity index (χ0n) is 15.3. The molecule has 0 fully saturated rings. The number of carbonyl (C=O) groups excluding carboxylic acids is 1. The third kappa shape index (κ3) is 3.24. The number of halogens is 5. The van der Waals surface area contributed by atoms with Crippen molar-refractivity contribution in [3.8, 4) is 0 Å². The minimum absolute atomic E-state index is 0.0855. The van der Waals surface area contributed by atoms with Gasteiger partial charge in [0, 0.05) is 12.0 Å². The standard InChI is InChI=1S/C22H13F5N2O/c23-18-17(19(24)21(26)22(27)20(18)25)15-10-16(13-4-2-1-3-5-13)29(28-15)14-8-6-12(11-30)7-9-14/h1-9,11,16H,10H2. The summed E-state index contributed by atoms with van der Waals surface area (Å²) in [6.07, 6.45) is 0.573. The van der Waals surface area contributed by atoms with Crippen molar-refractivity contribution in [2.45, 2.75) is 12.5 Å². The number of carbonyl (C=O) groups is 1. The molecule has 0 aliphatic carbocycles. The monoisotopic (exact) mass is 416 g/mol. The minimum Gasteiger partial charge on any atom is -0.298 e. The predicted octanol–water partition coefficient (Wildman–Crippen LogP) is 5.55. The van der Waals surface area contributed by atoms with E-state index in [1.807, 2.05) is 0 Å². The van der Waals surface area contributed by atoms with Crippen molar-refractivity contribution in [2.75, 3.05) is 5.01 Å². The van der Waals surface area contributed by atoms with Crippen molar-refractivity contribution < 1.29 is 26.7 Å². The first kappa shape index (κ1) is 19.8. The van der Waals surface area contributed by atoms with E-state index >= 15 is 0 Å².